The molecule has 9 atom stereocenters. The first kappa shape index (κ1) is 33.9. The average molecular weight is 563 g/mol. The number of aliphatic hydroxyl groups is 6. The molecule has 0 aromatic carbocycles. The molecule has 4 unspecified atom stereocenters. The minimum atomic E-state index is -4.70. The van der Waals surface area contributed by atoms with E-state index in [0.717, 1.165) is 0 Å². The highest BCUT2D eigenvalue weighted by Crippen LogP contribution is 2.43. The number of rotatable bonds is 18. The van der Waals surface area contributed by atoms with Crippen molar-refractivity contribution < 1.29 is 68.2 Å². The first-order valence-corrected chi connectivity index (χ1v) is 13.2. The van der Waals surface area contributed by atoms with Gasteiger partial charge in [-0.3, -0.25) is 18.6 Å². The van der Waals surface area contributed by atoms with Gasteiger partial charge in [0.2, 0.25) is 5.91 Å². The summed E-state index contributed by atoms with van der Waals surface area (Å²) in [7, 11) is -3.10. The quantitative estimate of drug-likeness (QED) is 0.0570. The molecule has 0 aliphatic carbocycles. The van der Waals surface area contributed by atoms with Crippen LogP contribution in [0.2, 0.25) is 0 Å². The van der Waals surface area contributed by atoms with Gasteiger partial charge in [-0.2, -0.15) is 0 Å². The van der Waals surface area contributed by atoms with Crippen molar-refractivity contribution in [1.82, 2.24) is 10.6 Å². The first-order valence-electron chi connectivity index (χ1n) is 11.7. The van der Waals surface area contributed by atoms with Crippen molar-refractivity contribution in [3.8, 4) is 0 Å². The second-order valence-electron chi connectivity index (χ2n) is 8.50. The maximum Gasteiger partial charge on any atom is 0.472 e. The number of hydrogen-bond acceptors (Lipinski definition) is 14. The molecule has 0 spiro atoms. The standard InChI is InChI=1S/C20H39N2O14P/c1-11-17(28)19(30)15(9-24)36-20(11)35-14(8-23)18(29)13(26)10-34-37(31,32)33-6-5-22-16(27)4-3-12(25)7-21-2/h11,13-15,17-21,23-24,26,28-30H,3-10H2,1-2H3,(H,22,27)(H,31,32)/t11?,13-,14+,15?,17+,18-,19+,20?/m0/s1. The molecule has 37 heavy (non-hydrogen) atoms. The van der Waals surface area contributed by atoms with Crippen LogP contribution in [0, 0.1) is 5.92 Å². The van der Waals surface area contributed by atoms with Gasteiger partial charge in [0, 0.05) is 25.3 Å². The highest BCUT2D eigenvalue weighted by atomic mass is 31.2. The van der Waals surface area contributed by atoms with Crippen LogP contribution in [-0.2, 0) is 32.7 Å². The maximum atomic E-state index is 12.0. The molecule has 1 aliphatic heterocycles. The molecule has 0 aromatic heterocycles. The summed E-state index contributed by atoms with van der Waals surface area (Å²) in [6.07, 6.45) is -10.4. The lowest BCUT2D eigenvalue weighted by Gasteiger charge is -2.42. The average Bonchev–Trinajstić information content (AvgIpc) is 2.86. The number of hydrogen-bond donors (Lipinski definition) is 9. The number of ketones is 1. The van der Waals surface area contributed by atoms with E-state index in [0.29, 0.717) is 0 Å². The van der Waals surface area contributed by atoms with E-state index in [4.69, 9.17) is 9.47 Å². The zero-order chi connectivity index (χ0) is 28.2. The molecule has 0 radical (unpaired) electrons. The number of carbonyl (C=O) groups is 2. The molecule has 9 N–H and O–H groups in total. The Bertz CT molecular complexity index is 744. The van der Waals surface area contributed by atoms with Crippen molar-refractivity contribution in [3.63, 3.8) is 0 Å². The Morgan fingerprint density at radius 3 is 2.38 bits per heavy atom. The van der Waals surface area contributed by atoms with Gasteiger partial charge in [-0.15, -0.1) is 0 Å². The number of ether oxygens (including phenoxy) is 2. The minimum absolute atomic E-state index is 0.0320. The van der Waals surface area contributed by atoms with Gasteiger partial charge in [-0.25, -0.2) is 4.57 Å². The van der Waals surface area contributed by atoms with Crippen molar-refractivity contribution in [2.24, 2.45) is 5.92 Å². The third-order valence-corrected chi connectivity index (χ3v) is 6.53. The fourth-order valence-electron chi connectivity index (χ4n) is 3.31. The summed E-state index contributed by atoms with van der Waals surface area (Å²) in [6, 6.07) is 0. The first-order chi connectivity index (χ1) is 17.4. The summed E-state index contributed by atoms with van der Waals surface area (Å²) < 4.78 is 32.1. The molecule has 0 aromatic rings. The Morgan fingerprint density at radius 2 is 1.78 bits per heavy atom. The van der Waals surface area contributed by atoms with Crippen LogP contribution in [-0.4, -0.2) is 137 Å². The molecule has 1 fully saturated rings. The van der Waals surface area contributed by atoms with Crippen LogP contribution in [0.1, 0.15) is 19.8 Å². The number of amides is 1. The molecule has 1 aliphatic rings. The van der Waals surface area contributed by atoms with E-state index >= 15 is 0 Å². The zero-order valence-electron chi connectivity index (χ0n) is 20.7. The molecular weight excluding hydrogens is 523 g/mol. The number of Topliss-reactive ketones (excluding diaryl/α,β-unsaturated/α-hetero) is 1. The van der Waals surface area contributed by atoms with Crippen molar-refractivity contribution >= 4 is 19.5 Å². The lowest BCUT2D eigenvalue weighted by Crippen LogP contribution is -2.57. The fraction of sp³-hybridized carbons (Fsp3) is 0.900. The molecule has 17 heteroatoms. The smallest absolute Gasteiger partial charge is 0.394 e. The zero-order valence-corrected chi connectivity index (χ0v) is 21.6. The molecule has 0 bridgehead atoms. The molecule has 16 nitrogen and oxygen atoms in total. The van der Waals surface area contributed by atoms with Crippen molar-refractivity contribution in [3.05, 3.63) is 0 Å². The number of nitrogens with one attached hydrogen (secondary N) is 2. The summed E-state index contributed by atoms with van der Waals surface area (Å²) in [4.78, 5) is 32.7. The molecular formula is C20H39N2O14P. The minimum Gasteiger partial charge on any atom is -0.394 e. The van der Waals surface area contributed by atoms with Gasteiger partial charge in [-0.05, 0) is 7.05 Å². The highest BCUT2D eigenvalue weighted by Gasteiger charge is 2.44. The maximum absolute atomic E-state index is 12.0. The van der Waals surface area contributed by atoms with Gasteiger partial charge >= 0.3 is 7.82 Å². The van der Waals surface area contributed by atoms with Gasteiger partial charge in [0.1, 0.15) is 36.3 Å². The molecule has 0 saturated carbocycles. The van der Waals surface area contributed by atoms with Gasteiger partial charge in [0.25, 0.3) is 0 Å². The molecule has 1 heterocycles. The monoisotopic (exact) mass is 562 g/mol. The Hall–Kier alpha value is -1.11. The van der Waals surface area contributed by atoms with Gasteiger partial charge < -0.3 is 55.6 Å². The number of aliphatic hydroxyl groups excluding tert-OH is 6. The highest BCUT2D eigenvalue weighted by molar-refractivity contribution is 7.47. The Balaban J connectivity index is 2.45. The largest absolute Gasteiger partial charge is 0.472 e. The molecule has 1 saturated heterocycles. The molecule has 1 rings (SSSR count). The molecule has 1 amide bonds. The number of phosphoric ester groups is 1. The summed E-state index contributed by atoms with van der Waals surface area (Å²) in [5.41, 5.74) is 0. The van der Waals surface area contributed by atoms with Crippen LogP contribution in [0.3, 0.4) is 0 Å². The van der Waals surface area contributed by atoms with Crippen LogP contribution in [0.15, 0.2) is 0 Å². The van der Waals surface area contributed by atoms with E-state index in [1.54, 1.807) is 7.05 Å². The predicted octanol–water partition coefficient (Wildman–Crippen LogP) is -4.02. The van der Waals surface area contributed by atoms with Gasteiger partial charge in [0.05, 0.1) is 39.1 Å². The third-order valence-electron chi connectivity index (χ3n) is 5.54. The second kappa shape index (κ2) is 16.8. The van der Waals surface area contributed by atoms with Gasteiger partial charge in [-0.1, -0.05) is 6.92 Å². The van der Waals surface area contributed by atoms with Crippen LogP contribution >= 0.6 is 7.82 Å². The van der Waals surface area contributed by atoms with E-state index < -0.39 is 89.0 Å². The second-order valence-corrected chi connectivity index (χ2v) is 9.95. The number of phosphoric acid groups is 1. The number of likely N-dealkylation sites (N-methyl/N-ethyl adjacent to an activating group) is 1. The summed E-state index contributed by atoms with van der Waals surface area (Å²) in [6.45, 7) is -1.37. The molecule has 218 valence electrons. The van der Waals surface area contributed by atoms with E-state index in [9.17, 15) is 49.7 Å². The lowest BCUT2D eigenvalue weighted by atomic mass is 9.92. The normalized spacial score (nSPS) is 28.2. The predicted molar refractivity (Wildman–Crippen MR) is 124 cm³/mol. The topological polar surface area (TPSA) is 254 Å². The van der Waals surface area contributed by atoms with E-state index in [1.165, 1.54) is 6.92 Å². The van der Waals surface area contributed by atoms with E-state index in [1.807, 2.05) is 0 Å². The Morgan fingerprint density at radius 1 is 1.11 bits per heavy atom. The van der Waals surface area contributed by atoms with Crippen LogP contribution < -0.4 is 10.6 Å². The van der Waals surface area contributed by atoms with Crippen LogP contribution in [0.5, 0.6) is 0 Å². The van der Waals surface area contributed by atoms with Crippen molar-refractivity contribution in [1.29, 1.82) is 0 Å². The SMILES string of the molecule is CNCC(=O)CCC(=O)NCCOP(=O)(O)OC[C@H](O)[C@H](O)[C@@H](CO)OC1OC(CO)[C@@H](O)[C@H](O)C1C. The van der Waals surface area contributed by atoms with Crippen LogP contribution in [0.4, 0.5) is 0 Å². The number of carbonyl (C=O) groups excluding carboxylic acids is 2. The third kappa shape index (κ3) is 11.7. The fourth-order valence-corrected chi connectivity index (χ4v) is 4.05. The van der Waals surface area contributed by atoms with E-state index in [2.05, 4.69) is 19.7 Å². The van der Waals surface area contributed by atoms with Crippen molar-refractivity contribution in [2.45, 2.75) is 62.7 Å². The lowest BCUT2D eigenvalue weighted by molar-refractivity contribution is -0.306. The van der Waals surface area contributed by atoms with Crippen molar-refractivity contribution in [2.75, 3.05) is 46.6 Å². The summed E-state index contributed by atoms with van der Waals surface area (Å²) in [5.74, 6) is -1.45. The summed E-state index contributed by atoms with van der Waals surface area (Å²) in [5, 5.41) is 64.3. The van der Waals surface area contributed by atoms with E-state index in [-0.39, 0.29) is 31.7 Å². The Labute approximate surface area is 214 Å². The summed E-state index contributed by atoms with van der Waals surface area (Å²) >= 11 is 0. The van der Waals surface area contributed by atoms with Crippen LogP contribution in [0.25, 0.3) is 0 Å². The Kier molecular flexibility index (Phi) is 15.4. The van der Waals surface area contributed by atoms with Gasteiger partial charge in [0.15, 0.2) is 6.29 Å².